The molecule has 1 atom stereocenters. The fourth-order valence-corrected chi connectivity index (χ4v) is 3.20. The molecule has 23 heavy (non-hydrogen) atoms. The van der Waals surface area contributed by atoms with E-state index in [2.05, 4.69) is 5.32 Å². The molecule has 0 bridgehead atoms. The largest absolute Gasteiger partial charge is 0.493 e. The van der Waals surface area contributed by atoms with Gasteiger partial charge in [-0.15, -0.1) is 12.4 Å². The van der Waals surface area contributed by atoms with Crippen molar-refractivity contribution in [3.63, 3.8) is 0 Å². The maximum Gasteiger partial charge on any atom is 0.161 e. The molecule has 0 aliphatic carbocycles. The van der Waals surface area contributed by atoms with E-state index in [9.17, 15) is 4.39 Å². The number of hydrogen-bond donors (Lipinski definition) is 1. The van der Waals surface area contributed by atoms with Crippen molar-refractivity contribution in [2.45, 2.75) is 12.5 Å². The number of hydrogen-bond acceptors (Lipinski definition) is 3. The summed E-state index contributed by atoms with van der Waals surface area (Å²) in [7, 11) is 3.20. The smallest absolute Gasteiger partial charge is 0.161 e. The van der Waals surface area contributed by atoms with E-state index < -0.39 is 0 Å². The first-order chi connectivity index (χ1) is 10.7. The average Bonchev–Trinajstić information content (AvgIpc) is 2.53. The Morgan fingerprint density at radius 3 is 2.52 bits per heavy atom. The molecule has 1 aliphatic rings. The van der Waals surface area contributed by atoms with Crippen molar-refractivity contribution in [2.24, 2.45) is 0 Å². The molecule has 3 nitrogen and oxygen atoms in total. The molecule has 124 valence electrons. The van der Waals surface area contributed by atoms with E-state index in [1.54, 1.807) is 26.4 Å². The van der Waals surface area contributed by atoms with Crippen LogP contribution >= 0.6 is 24.0 Å². The lowest BCUT2D eigenvalue weighted by Gasteiger charge is -2.29. The topological polar surface area (TPSA) is 30.5 Å². The van der Waals surface area contributed by atoms with Crippen LogP contribution in [0.2, 0.25) is 5.02 Å². The Morgan fingerprint density at radius 1 is 1.17 bits per heavy atom. The van der Waals surface area contributed by atoms with Crippen LogP contribution in [0.5, 0.6) is 11.5 Å². The van der Waals surface area contributed by atoms with Gasteiger partial charge in [-0.3, -0.25) is 0 Å². The van der Waals surface area contributed by atoms with Gasteiger partial charge in [-0.1, -0.05) is 17.7 Å². The fraction of sp³-hybridized carbons (Fsp3) is 0.294. The van der Waals surface area contributed by atoms with Crippen LogP contribution in [0.4, 0.5) is 4.39 Å². The van der Waals surface area contributed by atoms with E-state index in [4.69, 9.17) is 21.1 Å². The van der Waals surface area contributed by atoms with Gasteiger partial charge in [0.1, 0.15) is 5.82 Å². The zero-order chi connectivity index (χ0) is 15.7. The number of halogens is 3. The van der Waals surface area contributed by atoms with Crippen molar-refractivity contribution in [1.82, 2.24) is 5.32 Å². The van der Waals surface area contributed by atoms with Crippen LogP contribution in [0.3, 0.4) is 0 Å². The number of ether oxygens (including phenoxy) is 2. The van der Waals surface area contributed by atoms with E-state index in [0.29, 0.717) is 22.1 Å². The minimum absolute atomic E-state index is 0. The van der Waals surface area contributed by atoms with Crippen LogP contribution in [0.1, 0.15) is 22.7 Å². The SMILES string of the molecule is COc1cc2c(cc1OC)C(c1c(F)cccc1Cl)NCC2.Cl. The van der Waals surface area contributed by atoms with Crippen molar-refractivity contribution in [3.05, 3.63) is 57.9 Å². The summed E-state index contributed by atoms with van der Waals surface area (Å²) >= 11 is 6.23. The molecule has 0 spiro atoms. The van der Waals surface area contributed by atoms with Gasteiger partial charge >= 0.3 is 0 Å². The van der Waals surface area contributed by atoms with Crippen LogP contribution in [0, 0.1) is 5.82 Å². The van der Waals surface area contributed by atoms with E-state index in [1.807, 2.05) is 12.1 Å². The van der Waals surface area contributed by atoms with Gasteiger partial charge in [0.2, 0.25) is 0 Å². The fourth-order valence-electron chi connectivity index (χ4n) is 2.93. The second-order valence-corrected chi connectivity index (χ2v) is 5.59. The summed E-state index contributed by atoms with van der Waals surface area (Å²) in [6.45, 7) is 0.748. The minimum atomic E-state index is -0.312. The lowest BCUT2D eigenvalue weighted by Crippen LogP contribution is -2.31. The summed E-state index contributed by atoms with van der Waals surface area (Å²) < 4.78 is 25.0. The molecule has 6 heteroatoms. The van der Waals surface area contributed by atoms with E-state index in [0.717, 1.165) is 24.1 Å². The Hall–Kier alpha value is -1.49. The lowest BCUT2D eigenvalue weighted by atomic mass is 9.89. The number of rotatable bonds is 3. The van der Waals surface area contributed by atoms with Gasteiger partial charge in [0.05, 0.1) is 20.3 Å². The van der Waals surface area contributed by atoms with Crippen molar-refractivity contribution < 1.29 is 13.9 Å². The molecule has 0 amide bonds. The second kappa shape index (κ2) is 7.39. The van der Waals surface area contributed by atoms with Crippen LogP contribution < -0.4 is 14.8 Å². The van der Waals surface area contributed by atoms with Gasteiger partial charge in [0.25, 0.3) is 0 Å². The summed E-state index contributed by atoms with van der Waals surface area (Å²) in [5.74, 6) is 0.997. The average molecular weight is 358 g/mol. The third kappa shape index (κ3) is 3.25. The Morgan fingerprint density at radius 2 is 1.87 bits per heavy atom. The standard InChI is InChI=1S/C17H17ClFNO2.ClH/c1-21-14-8-10-6-7-20-17(11(10)9-15(14)22-2)16-12(18)4-3-5-13(16)19;/h3-5,8-9,17,20H,6-7H2,1-2H3;1H. The second-order valence-electron chi connectivity index (χ2n) is 5.18. The molecule has 3 rings (SSSR count). The molecule has 0 radical (unpaired) electrons. The van der Waals surface area contributed by atoms with Crippen molar-refractivity contribution in [2.75, 3.05) is 20.8 Å². The zero-order valence-corrected chi connectivity index (χ0v) is 14.4. The number of nitrogens with one attached hydrogen (secondary N) is 1. The molecule has 0 saturated heterocycles. The van der Waals surface area contributed by atoms with E-state index in [-0.39, 0.29) is 24.3 Å². The summed E-state index contributed by atoms with van der Waals surface area (Å²) in [6.07, 6.45) is 0.845. The zero-order valence-electron chi connectivity index (χ0n) is 12.9. The molecule has 1 unspecified atom stereocenters. The van der Waals surface area contributed by atoms with Crippen LogP contribution in [0.25, 0.3) is 0 Å². The van der Waals surface area contributed by atoms with Crippen LogP contribution in [0.15, 0.2) is 30.3 Å². The van der Waals surface area contributed by atoms with Gasteiger partial charge in [0, 0.05) is 17.1 Å². The molecule has 2 aromatic rings. The van der Waals surface area contributed by atoms with Gasteiger partial charge < -0.3 is 14.8 Å². The molecule has 1 N–H and O–H groups in total. The molecule has 2 aromatic carbocycles. The first kappa shape index (κ1) is 17.9. The highest BCUT2D eigenvalue weighted by atomic mass is 35.5. The number of fused-ring (bicyclic) bond motifs is 1. The van der Waals surface area contributed by atoms with E-state index in [1.165, 1.54) is 6.07 Å². The first-order valence-corrected chi connectivity index (χ1v) is 7.45. The summed E-state index contributed by atoms with van der Waals surface area (Å²) in [5, 5.41) is 3.76. The molecule has 0 saturated carbocycles. The highest BCUT2D eigenvalue weighted by Gasteiger charge is 2.27. The van der Waals surface area contributed by atoms with Crippen LogP contribution in [-0.2, 0) is 6.42 Å². The summed E-state index contributed by atoms with van der Waals surface area (Å²) in [5.41, 5.74) is 2.55. The lowest BCUT2D eigenvalue weighted by molar-refractivity contribution is 0.352. The Balaban J connectivity index is 0.00000192. The monoisotopic (exact) mass is 357 g/mol. The summed E-state index contributed by atoms with van der Waals surface area (Å²) in [6, 6.07) is 8.30. The predicted octanol–water partition coefficient (Wildman–Crippen LogP) is 4.15. The highest BCUT2D eigenvalue weighted by Crippen LogP contribution is 2.39. The number of methoxy groups -OCH3 is 2. The van der Waals surface area contributed by atoms with Gasteiger partial charge in [-0.25, -0.2) is 4.39 Å². The van der Waals surface area contributed by atoms with Crippen LogP contribution in [-0.4, -0.2) is 20.8 Å². The number of benzene rings is 2. The normalized spacial score (nSPS) is 16.3. The maximum atomic E-state index is 14.3. The van der Waals surface area contributed by atoms with Gasteiger partial charge in [0.15, 0.2) is 11.5 Å². The molecular formula is C17H18Cl2FNO2. The molecular weight excluding hydrogens is 340 g/mol. The van der Waals surface area contributed by atoms with Gasteiger partial charge in [-0.2, -0.15) is 0 Å². The molecule has 0 aromatic heterocycles. The third-order valence-corrected chi connectivity index (χ3v) is 4.32. The van der Waals surface area contributed by atoms with Crippen molar-refractivity contribution in [1.29, 1.82) is 0 Å². The first-order valence-electron chi connectivity index (χ1n) is 7.07. The molecule has 1 heterocycles. The minimum Gasteiger partial charge on any atom is -0.493 e. The van der Waals surface area contributed by atoms with E-state index >= 15 is 0 Å². The van der Waals surface area contributed by atoms with Crippen molar-refractivity contribution >= 4 is 24.0 Å². The van der Waals surface area contributed by atoms with Gasteiger partial charge in [-0.05, 0) is 41.8 Å². The highest BCUT2D eigenvalue weighted by molar-refractivity contribution is 6.31. The van der Waals surface area contributed by atoms with Crippen molar-refractivity contribution in [3.8, 4) is 11.5 Å². The Bertz CT molecular complexity index is 689. The predicted molar refractivity (Wildman–Crippen MR) is 91.8 cm³/mol. The third-order valence-electron chi connectivity index (χ3n) is 3.99. The molecule has 0 fully saturated rings. The quantitative estimate of drug-likeness (QED) is 0.894. The molecule has 1 aliphatic heterocycles. The Kier molecular flexibility index (Phi) is 5.74. The Labute approximate surface area is 146 Å². The maximum absolute atomic E-state index is 14.3. The summed E-state index contributed by atoms with van der Waals surface area (Å²) in [4.78, 5) is 0.